The Bertz CT molecular complexity index is 749. The first-order chi connectivity index (χ1) is 9.88. The van der Waals surface area contributed by atoms with Crippen LogP contribution >= 0.6 is 0 Å². The number of hydrogen-bond acceptors (Lipinski definition) is 2. The lowest BCUT2D eigenvalue weighted by molar-refractivity contribution is 0.545. The van der Waals surface area contributed by atoms with E-state index in [1.54, 1.807) is 0 Å². The summed E-state index contributed by atoms with van der Waals surface area (Å²) in [6, 6.07) is 0.279. The van der Waals surface area contributed by atoms with Crippen LogP contribution in [0.1, 0.15) is 51.4 Å². The van der Waals surface area contributed by atoms with Crippen LogP contribution in [-0.2, 0) is 6.54 Å². The van der Waals surface area contributed by atoms with E-state index in [4.69, 9.17) is 5.73 Å². The smallest absolute Gasteiger partial charge is 0.192 e. The van der Waals surface area contributed by atoms with Gasteiger partial charge in [0.15, 0.2) is 5.43 Å². The summed E-state index contributed by atoms with van der Waals surface area (Å²) in [4.78, 5) is 12.6. The van der Waals surface area contributed by atoms with Crippen LogP contribution in [0.15, 0.2) is 16.4 Å². The molecule has 0 atom stereocenters. The molecule has 0 unspecified atom stereocenters. The predicted octanol–water partition coefficient (Wildman–Crippen LogP) is 1.74. The zero-order valence-electron chi connectivity index (χ0n) is 13.7. The van der Waals surface area contributed by atoms with Crippen molar-refractivity contribution in [1.29, 1.82) is 0 Å². The molecule has 1 aliphatic carbocycles. The van der Waals surface area contributed by atoms with Crippen molar-refractivity contribution in [2.75, 3.05) is 0 Å². The number of aromatic nitrogens is 1. The third-order valence-corrected chi connectivity index (χ3v) is 4.29. The molecule has 3 nitrogen and oxygen atoms in total. The van der Waals surface area contributed by atoms with E-state index in [9.17, 15) is 4.79 Å². The minimum absolute atomic E-state index is 0.111. The van der Waals surface area contributed by atoms with Crippen LogP contribution in [0.3, 0.4) is 0 Å². The third-order valence-electron chi connectivity index (χ3n) is 4.29. The van der Waals surface area contributed by atoms with Crippen molar-refractivity contribution in [1.82, 2.24) is 4.57 Å². The number of rotatable bonds is 3. The Labute approximate surface area is 126 Å². The van der Waals surface area contributed by atoms with Crippen LogP contribution in [0.4, 0.5) is 0 Å². The van der Waals surface area contributed by atoms with Gasteiger partial charge in [-0.2, -0.15) is 0 Å². The molecule has 114 valence electrons. The molecule has 2 rings (SSSR count). The van der Waals surface area contributed by atoms with Gasteiger partial charge in [0, 0.05) is 34.4 Å². The second kappa shape index (κ2) is 6.02. The molecule has 1 aromatic rings. The SMILES string of the molecule is Cc1c(CN)n(C(C)C)c2c(c1=O)=CC=C(C(C)C)CC=2. The molecule has 0 radical (unpaired) electrons. The molecule has 3 heteroatoms. The molecule has 0 aliphatic heterocycles. The summed E-state index contributed by atoms with van der Waals surface area (Å²) in [6.45, 7) is 10.9. The number of nitrogens with zero attached hydrogens (tertiary/aromatic N) is 1. The first-order valence-electron chi connectivity index (χ1n) is 7.73. The zero-order chi connectivity index (χ0) is 15.7. The molecule has 0 amide bonds. The molecule has 1 aromatic heterocycles. The second-order valence-electron chi connectivity index (χ2n) is 6.34. The van der Waals surface area contributed by atoms with Gasteiger partial charge in [0.2, 0.25) is 0 Å². The molecule has 0 spiro atoms. The normalized spacial score (nSPS) is 14.4. The summed E-state index contributed by atoms with van der Waals surface area (Å²) in [5, 5.41) is 1.82. The van der Waals surface area contributed by atoms with E-state index in [1.165, 1.54) is 5.57 Å². The Hall–Kier alpha value is -1.61. The first-order valence-corrected chi connectivity index (χ1v) is 7.73. The predicted molar refractivity (Wildman–Crippen MR) is 89.4 cm³/mol. The minimum Gasteiger partial charge on any atom is -0.341 e. The monoisotopic (exact) mass is 286 g/mol. The van der Waals surface area contributed by atoms with Gasteiger partial charge in [0.1, 0.15) is 0 Å². The molecule has 1 heterocycles. The number of nitrogens with two attached hydrogens (primary N) is 1. The van der Waals surface area contributed by atoms with Crippen molar-refractivity contribution in [2.24, 2.45) is 11.7 Å². The topological polar surface area (TPSA) is 48.0 Å². The molecule has 0 bridgehead atoms. The maximum absolute atomic E-state index is 12.6. The van der Waals surface area contributed by atoms with Gasteiger partial charge in [-0.1, -0.05) is 31.6 Å². The fourth-order valence-electron chi connectivity index (χ4n) is 3.02. The summed E-state index contributed by atoms with van der Waals surface area (Å²) < 4.78 is 2.22. The average molecular weight is 286 g/mol. The van der Waals surface area contributed by atoms with E-state index in [0.29, 0.717) is 12.5 Å². The highest BCUT2D eigenvalue weighted by Crippen LogP contribution is 2.16. The van der Waals surface area contributed by atoms with E-state index >= 15 is 0 Å². The Balaban J connectivity index is 2.90. The number of pyridine rings is 1. The summed E-state index contributed by atoms with van der Waals surface area (Å²) in [6.07, 6.45) is 7.17. The van der Waals surface area contributed by atoms with Gasteiger partial charge in [-0.25, -0.2) is 0 Å². The molecule has 0 aromatic carbocycles. The molecule has 1 aliphatic rings. The Morgan fingerprint density at radius 1 is 1.24 bits per heavy atom. The van der Waals surface area contributed by atoms with Crippen LogP contribution < -0.4 is 21.7 Å². The first kappa shape index (κ1) is 15.8. The van der Waals surface area contributed by atoms with Gasteiger partial charge in [0.05, 0.1) is 0 Å². The number of allylic oxidation sites excluding steroid dienone is 2. The van der Waals surface area contributed by atoms with Gasteiger partial charge in [-0.05, 0) is 39.2 Å². The van der Waals surface area contributed by atoms with E-state index in [2.05, 4.69) is 44.4 Å². The molecule has 0 fully saturated rings. The number of fused-ring (bicyclic) bond motifs is 1. The molecular formula is C18H26N2O. The number of hydrogen-bond donors (Lipinski definition) is 1. The summed E-state index contributed by atoms with van der Waals surface area (Å²) in [5.74, 6) is 0.490. The highest BCUT2D eigenvalue weighted by atomic mass is 16.1. The lowest BCUT2D eigenvalue weighted by Crippen LogP contribution is -2.48. The van der Waals surface area contributed by atoms with Crippen molar-refractivity contribution in [3.63, 3.8) is 0 Å². The maximum Gasteiger partial charge on any atom is 0.192 e. The fraction of sp³-hybridized carbons (Fsp3) is 0.500. The third kappa shape index (κ3) is 2.75. The molecular weight excluding hydrogens is 260 g/mol. The highest BCUT2D eigenvalue weighted by molar-refractivity contribution is 5.48. The van der Waals surface area contributed by atoms with Gasteiger partial charge < -0.3 is 10.3 Å². The molecule has 0 saturated heterocycles. The second-order valence-corrected chi connectivity index (χ2v) is 6.34. The van der Waals surface area contributed by atoms with Crippen molar-refractivity contribution in [3.8, 4) is 0 Å². The van der Waals surface area contributed by atoms with Crippen LogP contribution in [0.25, 0.3) is 12.2 Å². The molecule has 2 N–H and O–H groups in total. The Kier molecular flexibility index (Phi) is 4.52. The lowest BCUT2D eigenvalue weighted by atomic mass is 10.0. The zero-order valence-corrected chi connectivity index (χ0v) is 13.7. The highest BCUT2D eigenvalue weighted by Gasteiger charge is 2.14. The molecule has 0 saturated carbocycles. The summed E-state index contributed by atoms with van der Waals surface area (Å²) >= 11 is 0. The molecule has 21 heavy (non-hydrogen) atoms. The Morgan fingerprint density at radius 3 is 2.43 bits per heavy atom. The standard InChI is InChI=1S/C18H26N2O/c1-11(2)14-6-8-15-16(9-7-14)20(12(3)4)17(10-19)13(5)18(15)21/h6,8-9,11-12H,7,10,19H2,1-5H3. The minimum atomic E-state index is 0.111. The van der Waals surface area contributed by atoms with Gasteiger partial charge >= 0.3 is 0 Å². The van der Waals surface area contributed by atoms with Crippen LogP contribution in [0.5, 0.6) is 0 Å². The van der Waals surface area contributed by atoms with Gasteiger partial charge in [-0.3, -0.25) is 4.79 Å². The van der Waals surface area contributed by atoms with Gasteiger partial charge in [-0.15, -0.1) is 0 Å². The largest absolute Gasteiger partial charge is 0.341 e. The average Bonchev–Trinajstić information content (AvgIpc) is 2.64. The summed E-state index contributed by atoms with van der Waals surface area (Å²) in [7, 11) is 0. The van der Waals surface area contributed by atoms with Crippen LogP contribution in [0, 0.1) is 12.8 Å². The van der Waals surface area contributed by atoms with Crippen LogP contribution in [-0.4, -0.2) is 4.57 Å². The van der Waals surface area contributed by atoms with Crippen molar-refractivity contribution < 1.29 is 0 Å². The van der Waals surface area contributed by atoms with Crippen LogP contribution in [0.2, 0.25) is 0 Å². The van der Waals surface area contributed by atoms with Gasteiger partial charge in [0.25, 0.3) is 0 Å². The lowest BCUT2D eigenvalue weighted by Gasteiger charge is -2.20. The maximum atomic E-state index is 12.6. The van der Waals surface area contributed by atoms with E-state index in [-0.39, 0.29) is 11.5 Å². The Morgan fingerprint density at radius 2 is 1.90 bits per heavy atom. The van der Waals surface area contributed by atoms with E-state index < -0.39 is 0 Å². The fourth-order valence-corrected chi connectivity index (χ4v) is 3.02. The van der Waals surface area contributed by atoms with Crippen molar-refractivity contribution in [3.05, 3.63) is 43.7 Å². The van der Waals surface area contributed by atoms with E-state index in [1.807, 2.05) is 13.0 Å². The van der Waals surface area contributed by atoms with E-state index in [0.717, 1.165) is 28.2 Å². The quantitative estimate of drug-likeness (QED) is 0.920. The van der Waals surface area contributed by atoms with Crippen molar-refractivity contribution in [2.45, 2.75) is 53.6 Å². The summed E-state index contributed by atoms with van der Waals surface area (Å²) in [5.41, 5.74) is 9.10. The van der Waals surface area contributed by atoms with Crippen molar-refractivity contribution >= 4 is 12.2 Å².